The molecule has 0 aliphatic carbocycles. The van der Waals surface area contributed by atoms with Gasteiger partial charge >= 0.3 is 0 Å². The van der Waals surface area contributed by atoms with Gasteiger partial charge < -0.3 is 19.5 Å². The Bertz CT molecular complexity index is 759. The molecule has 0 bridgehead atoms. The number of para-hydroxylation sites is 1. The summed E-state index contributed by atoms with van der Waals surface area (Å²) in [7, 11) is 3.48. The Morgan fingerprint density at radius 2 is 1.83 bits per heavy atom. The fraction of sp³-hybridized carbons (Fsp3) is 0.520. The molecule has 1 aliphatic rings. The predicted molar refractivity (Wildman–Crippen MR) is 117 cm³/mol. The summed E-state index contributed by atoms with van der Waals surface area (Å²) < 4.78 is 17.1. The summed E-state index contributed by atoms with van der Waals surface area (Å²) >= 11 is 0. The van der Waals surface area contributed by atoms with E-state index < -0.39 is 0 Å². The second-order valence-electron chi connectivity index (χ2n) is 8.47. The summed E-state index contributed by atoms with van der Waals surface area (Å²) in [5, 5.41) is 2.42. The lowest BCUT2D eigenvalue weighted by Crippen LogP contribution is -2.83. The average molecular weight is 399 g/mol. The van der Waals surface area contributed by atoms with Crippen molar-refractivity contribution in [3.8, 4) is 11.5 Å². The van der Waals surface area contributed by atoms with Crippen LogP contribution in [0.5, 0.6) is 11.5 Å². The molecule has 0 unspecified atom stereocenters. The van der Waals surface area contributed by atoms with E-state index >= 15 is 0 Å². The highest BCUT2D eigenvalue weighted by molar-refractivity contribution is 5.40. The number of hydrogen-bond donors (Lipinski definition) is 1. The molecule has 0 saturated carbocycles. The smallest absolute Gasteiger partial charge is 0.122 e. The van der Waals surface area contributed by atoms with E-state index in [0.29, 0.717) is 12.0 Å². The van der Waals surface area contributed by atoms with Crippen LogP contribution in [-0.2, 0) is 16.7 Å². The van der Waals surface area contributed by atoms with Gasteiger partial charge in [0.05, 0.1) is 26.9 Å². The van der Waals surface area contributed by atoms with E-state index in [4.69, 9.17) is 14.2 Å². The fourth-order valence-electron chi connectivity index (χ4n) is 4.48. The molecule has 0 spiro atoms. The highest BCUT2D eigenvalue weighted by Gasteiger charge is 2.41. The second kappa shape index (κ2) is 10.1. The number of hydrogen-bond acceptors (Lipinski definition) is 3. The van der Waals surface area contributed by atoms with E-state index in [2.05, 4.69) is 55.6 Å². The lowest BCUT2D eigenvalue weighted by molar-refractivity contribution is -0.671. The van der Waals surface area contributed by atoms with Gasteiger partial charge in [0, 0.05) is 29.6 Å². The molecule has 158 valence electrons. The first-order valence-electron chi connectivity index (χ1n) is 10.8. The Hall–Kier alpha value is -2.04. The minimum atomic E-state index is 0.107. The van der Waals surface area contributed by atoms with Gasteiger partial charge in [-0.3, -0.25) is 0 Å². The lowest BCUT2D eigenvalue weighted by Gasteiger charge is -2.43. The summed E-state index contributed by atoms with van der Waals surface area (Å²) in [5.41, 5.74) is 2.77. The molecule has 1 saturated heterocycles. The van der Waals surface area contributed by atoms with Crippen molar-refractivity contribution in [2.75, 3.05) is 27.4 Å². The first kappa shape index (κ1) is 21.7. The Morgan fingerprint density at radius 1 is 1.07 bits per heavy atom. The number of benzene rings is 2. The number of nitrogens with two attached hydrogens (primary N) is 1. The van der Waals surface area contributed by atoms with Crippen LogP contribution < -0.4 is 14.8 Å². The standard InChI is InChI=1S/C25H35NO3/c1-19(2)24-17-25(14-16-29-24,22-7-5-6-8-23(22)28-4)13-15-26-18-20-9-11-21(27-3)12-10-20/h5-12,19,24,26H,13-18H2,1-4H3/p+1/t24-,25-/m0/s1. The monoisotopic (exact) mass is 398 g/mol. The molecule has 0 amide bonds. The molecule has 0 aromatic heterocycles. The summed E-state index contributed by atoms with van der Waals surface area (Å²) in [4.78, 5) is 0. The van der Waals surface area contributed by atoms with Crippen molar-refractivity contribution < 1.29 is 19.5 Å². The van der Waals surface area contributed by atoms with Gasteiger partial charge in [0.1, 0.15) is 18.0 Å². The van der Waals surface area contributed by atoms with Crippen molar-refractivity contribution in [2.45, 2.75) is 51.2 Å². The van der Waals surface area contributed by atoms with Crippen LogP contribution in [0.15, 0.2) is 48.5 Å². The van der Waals surface area contributed by atoms with Gasteiger partial charge in [-0.05, 0) is 49.1 Å². The van der Waals surface area contributed by atoms with Gasteiger partial charge in [-0.2, -0.15) is 0 Å². The third-order valence-corrected chi connectivity index (χ3v) is 6.29. The van der Waals surface area contributed by atoms with Crippen LogP contribution in [0.2, 0.25) is 0 Å². The average Bonchev–Trinajstić information content (AvgIpc) is 2.77. The minimum Gasteiger partial charge on any atom is -0.497 e. The zero-order chi connectivity index (χ0) is 20.7. The highest BCUT2D eigenvalue weighted by Crippen LogP contribution is 2.44. The maximum atomic E-state index is 6.12. The van der Waals surface area contributed by atoms with Gasteiger partial charge in [-0.1, -0.05) is 32.0 Å². The third kappa shape index (κ3) is 5.31. The summed E-state index contributed by atoms with van der Waals surface area (Å²) in [6, 6.07) is 16.9. The van der Waals surface area contributed by atoms with Gasteiger partial charge in [0.2, 0.25) is 0 Å². The van der Waals surface area contributed by atoms with E-state index in [1.165, 1.54) is 11.1 Å². The quantitative estimate of drug-likeness (QED) is 0.651. The molecule has 29 heavy (non-hydrogen) atoms. The molecule has 2 atom stereocenters. The Morgan fingerprint density at radius 3 is 2.52 bits per heavy atom. The van der Waals surface area contributed by atoms with E-state index in [0.717, 1.165) is 50.5 Å². The van der Waals surface area contributed by atoms with Crippen LogP contribution in [0.1, 0.15) is 44.2 Å². The second-order valence-corrected chi connectivity index (χ2v) is 8.47. The number of rotatable bonds is 9. The molecule has 1 heterocycles. The van der Waals surface area contributed by atoms with Crippen LogP contribution >= 0.6 is 0 Å². The first-order valence-corrected chi connectivity index (χ1v) is 10.8. The van der Waals surface area contributed by atoms with Crippen LogP contribution in [0.4, 0.5) is 0 Å². The Balaban J connectivity index is 1.71. The third-order valence-electron chi connectivity index (χ3n) is 6.29. The van der Waals surface area contributed by atoms with E-state index in [1.807, 2.05) is 12.1 Å². The molecule has 1 fully saturated rings. The molecule has 4 heteroatoms. The molecule has 2 aromatic carbocycles. The van der Waals surface area contributed by atoms with Crippen LogP contribution in [-0.4, -0.2) is 33.5 Å². The van der Waals surface area contributed by atoms with Gasteiger partial charge in [0.25, 0.3) is 0 Å². The predicted octanol–water partition coefficient (Wildman–Crippen LogP) is 3.93. The zero-order valence-electron chi connectivity index (χ0n) is 18.3. The number of methoxy groups -OCH3 is 2. The van der Waals surface area contributed by atoms with Crippen molar-refractivity contribution >= 4 is 0 Å². The minimum absolute atomic E-state index is 0.107. The SMILES string of the molecule is COc1ccc(C[NH2+]CC[C@]2(c3ccccc3OC)CCO[C@H](C(C)C)C2)cc1. The van der Waals surface area contributed by atoms with Crippen LogP contribution in [0, 0.1) is 5.92 Å². The molecule has 0 radical (unpaired) electrons. The molecular formula is C25H36NO3+. The van der Waals surface area contributed by atoms with Crippen molar-refractivity contribution in [2.24, 2.45) is 5.92 Å². The van der Waals surface area contributed by atoms with Gasteiger partial charge in [-0.15, -0.1) is 0 Å². The largest absolute Gasteiger partial charge is 0.497 e. The fourth-order valence-corrected chi connectivity index (χ4v) is 4.48. The molecule has 3 rings (SSSR count). The number of ether oxygens (including phenoxy) is 3. The van der Waals surface area contributed by atoms with Crippen LogP contribution in [0.3, 0.4) is 0 Å². The Kier molecular flexibility index (Phi) is 7.57. The van der Waals surface area contributed by atoms with E-state index in [-0.39, 0.29) is 5.41 Å². The molecule has 4 nitrogen and oxygen atoms in total. The number of quaternary nitrogens is 1. The van der Waals surface area contributed by atoms with E-state index in [1.54, 1.807) is 14.2 Å². The molecule has 1 aliphatic heterocycles. The Labute approximate surface area is 175 Å². The van der Waals surface area contributed by atoms with E-state index in [9.17, 15) is 0 Å². The summed E-state index contributed by atoms with van der Waals surface area (Å²) in [6.45, 7) is 7.40. The van der Waals surface area contributed by atoms with Crippen molar-refractivity contribution in [3.05, 3.63) is 59.7 Å². The maximum absolute atomic E-state index is 6.12. The molecular weight excluding hydrogens is 362 g/mol. The normalized spacial score (nSPS) is 21.9. The van der Waals surface area contributed by atoms with Crippen molar-refractivity contribution in [1.82, 2.24) is 0 Å². The van der Waals surface area contributed by atoms with Crippen molar-refractivity contribution in [3.63, 3.8) is 0 Å². The lowest BCUT2D eigenvalue weighted by atomic mass is 9.68. The maximum Gasteiger partial charge on any atom is 0.122 e. The molecule has 2 aromatic rings. The van der Waals surface area contributed by atoms with Gasteiger partial charge in [0.15, 0.2) is 0 Å². The summed E-state index contributed by atoms with van der Waals surface area (Å²) in [5.74, 6) is 2.44. The first-order chi connectivity index (χ1) is 14.1. The highest BCUT2D eigenvalue weighted by atomic mass is 16.5. The van der Waals surface area contributed by atoms with Crippen LogP contribution in [0.25, 0.3) is 0 Å². The summed E-state index contributed by atoms with van der Waals surface area (Å²) in [6.07, 6.45) is 3.53. The molecule has 2 N–H and O–H groups in total. The zero-order valence-corrected chi connectivity index (χ0v) is 18.3. The van der Waals surface area contributed by atoms with Crippen molar-refractivity contribution in [1.29, 1.82) is 0 Å². The topological polar surface area (TPSA) is 44.3 Å². The van der Waals surface area contributed by atoms with Gasteiger partial charge in [-0.25, -0.2) is 0 Å².